The number of pyridine rings is 1. The summed E-state index contributed by atoms with van der Waals surface area (Å²) >= 11 is 0. The average molecular weight is 952 g/mol. The number of nitrogens with one attached hydrogen (secondary N) is 1. The molecular weight excluding hydrogens is 887 g/mol. The number of carbonyl (C=O) groups excluding carboxylic acids is 1. The van der Waals surface area contributed by atoms with Crippen LogP contribution in [0, 0.1) is 21.4 Å². The number of hydrogen-bond donors (Lipinski definition) is 3. The lowest BCUT2D eigenvalue weighted by molar-refractivity contribution is -0.384. The topological polar surface area (TPSA) is 203 Å². The Bertz CT molecular complexity index is 2630. The van der Waals surface area contributed by atoms with Gasteiger partial charge < -0.3 is 35.3 Å². The smallest absolute Gasteiger partial charge is 0.312 e. The van der Waals surface area contributed by atoms with Gasteiger partial charge in [-0.05, 0) is 111 Å². The minimum absolute atomic E-state index is 0.0390. The predicted octanol–water partition coefficient (Wildman–Crippen LogP) is 7.49. The van der Waals surface area contributed by atoms with Crippen LogP contribution in [0.2, 0.25) is 0 Å². The van der Waals surface area contributed by atoms with Crippen LogP contribution in [-0.2, 0) is 16.4 Å². The molecule has 2 saturated heterocycles. The lowest BCUT2D eigenvalue weighted by Crippen LogP contribution is -2.60. The second-order valence-electron chi connectivity index (χ2n) is 20.3. The molecule has 1 aromatic heterocycles. The van der Waals surface area contributed by atoms with E-state index < -0.39 is 36.9 Å². The van der Waals surface area contributed by atoms with Gasteiger partial charge in [0.15, 0.2) is 11.5 Å². The minimum atomic E-state index is -4.47. The van der Waals surface area contributed by atoms with Crippen LogP contribution >= 0.6 is 0 Å². The molecule has 5 aliphatic rings. The number of ether oxygens (including phenoxy) is 3. The molecule has 2 saturated carbocycles. The Balaban J connectivity index is 0.884. The average Bonchev–Trinajstić information content (AvgIpc) is 3.32. The number of aliphatic hydroxyl groups is 1. The number of nitro groups is 1. The highest BCUT2D eigenvalue weighted by molar-refractivity contribution is 7.91. The molecule has 3 aliphatic heterocycles. The van der Waals surface area contributed by atoms with E-state index in [1.54, 1.807) is 13.2 Å². The second kappa shape index (κ2) is 19.1. The number of carbonyl (C=O) groups is 1. The molecule has 0 bridgehead atoms. The molecule has 4 fully saturated rings. The zero-order valence-corrected chi connectivity index (χ0v) is 40.4. The van der Waals surface area contributed by atoms with Gasteiger partial charge in [-0.25, -0.2) is 13.4 Å². The molecule has 364 valence electrons. The predicted molar refractivity (Wildman–Crippen MR) is 259 cm³/mol. The fraction of sp³-hybridized carbons (Fsp3) is 0.529. The molecule has 4 N–H and O–H groups in total. The van der Waals surface area contributed by atoms with E-state index in [4.69, 9.17) is 19.9 Å². The second-order valence-corrected chi connectivity index (χ2v) is 22.2. The van der Waals surface area contributed by atoms with Crippen molar-refractivity contribution in [3.05, 3.63) is 99.2 Å². The highest BCUT2D eigenvalue weighted by atomic mass is 32.2. The first-order valence-corrected chi connectivity index (χ1v) is 25.6. The van der Waals surface area contributed by atoms with Crippen LogP contribution in [0.25, 0.3) is 0 Å². The van der Waals surface area contributed by atoms with Crippen LogP contribution in [-0.4, -0.2) is 110 Å². The third-order valence-corrected chi connectivity index (χ3v) is 17.2. The molecule has 2 aliphatic carbocycles. The van der Waals surface area contributed by atoms with Gasteiger partial charge in [0, 0.05) is 81.4 Å². The maximum atomic E-state index is 14.3. The van der Waals surface area contributed by atoms with E-state index in [1.165, 1.54) is 23.3 Å². The van der Waals surface area contributed by atoms with Crippen LogP contribution in [0.15, 0.2) is 76.7 Å². The van der Waals surface area contributed by atoms with Crippen molar-refractivity contribution in [1.82, 2.24) is 14.8 Å². The number of methoxy groups -OCH3 is 1. The summed E-state index contributed by atoms with van der Waals surface area (Å²) in [7, 11) is -2.82. The largest absolute Gasteiger partial charge is 0.493 e. The molecular formula is C51H65N7O9S. The molecule has 68 heavy (non-hydrogen) atoms. The minimum Gasteiger partial charge on any atom is -0.493 e. The van der Waals surface area contributed by atoms with Crippen LogP contribution < -0.4 is 30.2 Å². The number of sulfone groups is 1. The van der Waals surface area contributed by atoms with Gasteiger partial charge in [-0.2, -0.15) is 0 Å². The van der Waals surface area contributed by atoms with E-state index >= 15 is 0 Å². The summed E-state index contributed by atoms with van der Waals surface area (Å²) in [5.74, 6) is 1.74. The number of rotatable bonds is 14. The number of piperazine rings is 1. The van der Waals surface area contributed by atoms with Gasteiger partial charge >= 0.3 is 5.69 Å². The van der Waals surface area contributed by atoms with Crippen molar-refractivity contribution in [3.8, 4) is 17.2 Å². The maximum Gasteiger partial charge on any atom is 0.312 e. The molecule has 4 aromatic rings. The number of nitrogens with two attached hydrogens (primary N) is 1. The van der Waals surface area contributed by atoms with Gasteiger partial charge in [-0.3, -0.25) is 24.7 Å². The van der Waals surface area contributed by atoms with Crippen molar-refractivity contribution in [2.45, 2.75) is 112 Å². The molecule has 3 aromatic carbocycles. The first-order valence-electron chi connectivity index (χ1n) is 24.1. The molecule has 17 heteroatoms. The van der Waals surface area contributed by atoms with Gasteiger partial charge in [0.2, 0.25) is 27.3 Å². The molecule has 1 atom stereocenters. The first-order chi connectivity index (χ1) is 32.5. The van der Waals surface area contributed by atoms with Crippen molar-refractivity contribution in [2.75, 3.05) is 69.8 Å². The zero-order valence-electron chi connectivity index (χ0n) is 39.6. The van der Waals surface area contributed by atoms with E-state index in [0.717, 1.165) is 88.3 Å². The lowest BCUT2D eigenvalue weighted by Gasteiger charge is -2.58. The van der Waals surface area contributed by atoms with Gasteiger partial charge in [-0.15, -0.1) is 0 Å². The highest BCUT2D eigenvalue weighted by Gasteiger charge is 2.50. The maximum absolute atomic E-state index is 14.3. The summed E-state index contributed by atoms with van der Waals surface area (Å²) in [5, 5.41) is 25.6. The number of primary amides is 1. The Morgan fingerprint density at radius 3 is 2.41 bits per heavy atom. The van der Waals surface area contributed by atoms with Gasteiger partial charge in [-0.1, -0.05) is 44.2 Å². The highest BCUT2D eigenvalue weighted by Crippen LogP contribution is 2.54. The Hall–Kier alpha value is -5.49. The molecule has 4 heterocycles. The number of fused-ring (bicyclic) bond motifs is 1. The fourth-order valence-corrected chi connectivity index (χ4v) is 12.9. The van der Waals surface area contributed by atoms with E-state index in [9.17, 15) is 28.4 Å². The van der Waals surface area contributed by atoms with Crippen LogP contribution in [0.3, 0.4) is 0 Å². The van der Waals surface area contributed by atoms with Crippen molar-refractivity contribution in [3.63, 3.8) is 0 Å². The summed E-state index contributed by atoms with van der Waals surface area (Å²) in [6.45, 7) is 12.6. The molecule has 0 radical (unpaired) electrons. The molecule has 1 amide bonds. The molecule has 16 nitrogen and oxygen atoms in total. The van der Waals surface area contributed by atoms with E-state index in [-0.39, 0.29) is 33.7 Å². The summed E-state index contributed by atoms with van der Waals surface area (Å²) in [4.78, 5) is 35.2. The van der Waals surface area contributed by atoms with Gasteiger partial charge in [0.05, 0.1) is 33.0 Å². The Morgan fingerprint density at radius 1 is 1.00 bits per heavy atom. The summed E-state index contributed by atoms with van der Waals surface area (Å²) in [6.07, 6.45) is 7.88. The number of amides is 1. The first kappa shape index (κ1) is 47.6. The van der Waals surface area contributed by atoms with Crippen molar-refractivity contribution < 1.29 is 37.5 Å². The third kappa shape index (κ3) is 9.59. The normalized spacial score (nSPS) is 23.3. The summed E-state index contributed by atoms with van der Waals surface area (Å²) < 4.78 is 46.4. The standard InChI is InChI=1S/C51H65N7O9S/c1-33(2)39-7-5-6-8-40(39)43-32-55(31-35-9-12-44(65-4)47-46(35)66-23-24-67-47)21-22-57(43)37-27-51(28-37)17-19-56(20-18-51)36-10-11-41(48(52)59)45(25-36)68(63,64)38-26-42(58(61)62)49(54-30-38)53-29-34-13-15-50(3,60)16-14-34/h5-12,25-26,30,33-34,37,43,60H,13-24,27-29,31-32H2,1-4H3,(H2,52,59)(H,53,54)/t34?,43-,50?/m0/s1. The fourth-order valence-electron chi connectivity index (χ4n) is 11.4. The van der Waals surface area contributed by atoms with Crippen LogP contribution in [0.4, 0.5) is 17.2 Å². The lowest BCUT2D eigenvalue weighted by atomic mass is 9.59. The van der Waals surface area contributed by atoms with Crippen LogP contribution in [0.5, 0.6) is 17.2 Å². The van der Waals surface area contributed by atoms with E-state index in [1.807, 2.05) is 13.0 Å². The van der Waals surface area contributed by atoms with Gasteiger partial charge in [0.1, 0.15) is 13.2 Å². The van der Waals surface area contributed by atoms with Gasteiger partial charge in [0.25, 0.3) is 0 Å². The number of anilines is 2. The Labute approximate surface area is 399 Å². The number of piperidine rings is 1. The molecule has 9 rings (SSSR count). The Kier molecular flexibility index (Phi) is 13.4. The number of aromatic nitrogens is 1. The number of benzene rings is 3. The van der Waals surface area contributed by atoms with Crippen molar-refractivity contribution in [1.29, 1.82) is 0 Å². The van der Waals surface area contributed by atoms with Crippen molar-refractivity contribution >= 4 is 32.9 Å². The summed E-state index contributed by atoms with van der Waals surface area (Å²) in [5.41, 5.74) is 9.01. The third-order valence-electron chi connectivity index (χ3n) is 15.4. The van der Waals surface area contributed by atoms with Crippen LogP contribution in [0.1, 0.15) is 111 Å². The summed E-state index contributed by atoms with van der Waals surface area (Å²) in [6, 6.07) is 19.2. The number of hydrogen-bond acceptors (Lipinski definition) is 14. The molecule has 1 spiro atoms. The SMILES string of the molecule is COc1ccc(CN2CCN(C3CC4(CCN(c5ccc(C(N)=O)c(S(=O)(=O)c6cnc(NCC7CCC(C)(O)CC7)c([N+](=O)[O-])c6)c5)CC4)C3)[C@H](c3ccccc3C(C)C)C2)c2c1OCCO2. The van der Waals surface area contributed by atoms with E-state index in [2.05, 4.69) is 69.2 Å². The Morgan fingerprint density at radius 2 is 1.72 bits per heavy atom. The van der Waals surface area contributed by atoms with Crippen molar-refractivity contribution in [2.24, 2.45) is 17.1 Å². The monoisotopic (exact) mass is 951 g/mol. The zero-order chi connectivity index (χ0) is 48.0. The number of nitrogens with zero attached hydrogens (tertiary/aromatic N) is 5. The van der Waals surface area contributed by atoms with E-state index in [0.29, 0.717) is 74.8 Å². The molecule has 0 unspecified atom stereocenters. The quantitative estimate of drug-likeness (QED) is 0.0829.